The van der Waals surface area contributed by atoms with Gasteiger partial charge in [0.15, 0.2) is 5.82 Å². The third kappa shape index (κ3) is 3.87. The number of rotatable bonds is 7. The molecule has 1 unspecified atom stereocenters. The van der Waals surface area contributed by atoms with E-state index in [9.17, 15) is 9.59 Å². The van der Waals surface area contributed by atoms with Crippen LogP contribution in [0.4, 0.5) is 0 Å². The normalized spacial score (nSPS) is 11.9. The van der Waals surface area contributed by atoms with Gasteiger partial charge in [0.05, 0.1) is 0 Å². The molecule has 0 spiro atoms. The van der Waals surface area contributed by atoms with Gasteiger partial charge in [-0.25, -0.2) is 19.4 Å². The smallest absolute Gasteiger partial charge is 0.326 e. The maximum atomic E-state index is 12.2. The zero-order valence-corrected chi connectivity index (χ0v) is 12.1. The van der Waals surface area contributed by atoms with Crippen LogP contribution in [-0.2, 0) is 4.79 Å². The maximum Gasteiger partial charge on any atom is 0.326 e. The Morgan fingerprint density at radius 3 is 2.91 bits per heavy atom. The van der Waals surface area contributed by atoms with E-state index in [0.29, 0.717) is 17.8 Å². The Balaban J connectivity index is 2.12. The first-order chi connectivity index (χ1) is 10.6. The van der Waals surface area contributed by atoms with Crippen LogP contribution < -0.4 is 5.32 Å². The Kier molecular flexibility index (Phi) is 5.18. The summed E-state index contributed by atoms with van der Waals surface area (Å²) < 4.78 is 1.42. The highest BCUT2D eigenvalue weighted by molar-refractivity contribution is 5.96. The Bertz CT molecular complexity index is 642. The molecule has 2 N–H and O–H groups in total. The zero-order valence-electron chi connectivity index (χ0n) is 12.1. The number of nitrogens with zero attached hydrogens (tertiary/aromatic N) is 4. The van der Waals surface area contributed by atoms with E-state index in [-0.39, 0.29) is 0 Å². The number of carbonyl (C=O) groups is 2. The van der Waals surface area contributed by atoms with E-state index in [0.717, 1.165) is 12.8 Å². The largest absolute Gasteiger partial charge is 0.480 e. The summed E-state index contributed by atoms with van der Waals surface area (Å²) >= 11 is 0. The van der Waals surface area contributed by atoms with E-state index in [1.807, 2.05) is 6.92 Å². The van der Waals surface area contributed by atoms with Crippen LogP contribution in [0.15, 0.2) is 31.0 Å². The number of hydrogen-bond donors (Lipinski definition) is 2. The first-order valence-corrected chi connectivity index (χ1v) is 6.96. The number of amides is 1. The van der Waals surface area contributed by atoms with Gasteiger partial charge in [0.1, 0.15) is 18.7 Å². The third-order valence-electron chi connectivity index (χ3n) is 3.11. The molecule has 1 atom stereocenters. The molecular formula is C14H17N5O3. The van der Waals surface area contributed by atoms with Gasteiger partial charge in [0, 0.05) is 11.8 Å². The quantitative estimate of drug-likeness (QED) is 0.790. The van der Waals surface area contributed by atoms with Crippen molar-refractivity contribution in [2.24, 2.45) is 0 Å². The first-order valence-electron chi connectivity index (χ1n) is 6.96. The number of carboxylic acid groups (broad SMARTS) is 1. The number of nitrogens with one attached hydrogen (secondary N) is 1. The summed E-state index contributed by atoms with van der Waals surface area (Å²) in [6.07, 6.45) is 6.29. The molecule has 2 aromatic heterocycles. The van der Waals surface area contributed by atoms with Gasteiger partial charge in [-0.05, 0) is 18.6 Å². The standard InChI is InChI=1S/C14H17N5O3/c1-2-3-4-11(14(21)22)18-13(20)10-5-6-16-12(7-10)19-9-15-8-17-19/h5-9,11H,2-4H2,1H3,(H,18,20)(H,21,22). The molecule has 8 heteroatoms. The number of aromatic nitrogens is 4. The van der Waals surface area contributed by atoms with Crippen LogP contribution in [0.1, 0.15) is 36.5 Å². The molecule has 2 heterocycles. The lowest BCUT2D eigenvalue weighted by Gasteiger charge is -2.14. The Morgan fingerprint density at radius 2 is 2.27 bits per heavy atom. The average Bonchev–Trinajstić information content (AvgIpc) is 3.05. The molecular weight excluding hydrogens is 286 g/mol. The van der Waals surface area contributed by atoms with Gasteiger partial charge in [-0.1, -0.05) is 19.8 Å². The van der Waals surface area contributed by atoms with Gasteiger partial charge in [-0.2, -0.15) is 5.10 Å². The van der Waals surface area contributed by atoms with Gasteiger partial charge < -0.3 is 10.4 Å². The molecule has 22 heavy (non-hydrogen) atoms. The number of aliphatic carboxylic acids is 1. The molecule has 0 bridgehead atoms. The zero-order chi connectivity index (χ0) is 15.9. The molecule has 2 aromatic rings. The minimum atomic E-state index is -1.03. The fraction of sp³-hybridized carbons (Fsp3) is 0.357. The summed E-state index contributed by atoms with van der Waals surface area (Å²) in [6, 6.07) is 2.16. The van der Waals surface area contributed by atoms with E-state index >= 15 is 0 Å². The number of pyridine rings is 1. The maximum absolute atomic E-state index is 12.2. The highest BCUT2D eigenvalue weighted by Crippen LogP contribution is 2.07. The molecule has 8 nitrogen and oxygen atoms in total. The lowest BCUT2D eigenvalue weighted by molar-refractivity contribution is -0.139. The van der Waals surface area contributed by atoms with Crippen LogP contribution in [0.5, 0.6) is 0 Å². The van der Waals surface area contributed by atoms with Gasteiger partial charge in [0.2, 0.25) is 0 Å². The van der Waals surface area contributed by atoms with Gasteiger partial charge in [-0.15, -0.1) is 0 Å². The van der Waals surface area contributed by atoms with Crippen LogP contribution in [0.2, 0.25) is 0 Å². The molecule has 116 valence electrons. The molecule has 1 amide bonds. The second-order valence-corrected chi connectivity index (χ2v) is 4.75. The van der Waals surface area contributed by atoms with E-state index < -0.39 is 17.9 Å². The highest BCUT2D eigenvalue weighted by atomic mass is 16.4. The number of hydrogen-bond acceptors (Lipinski definition) is 5. The average molecular weight is 303 g/mol. The monoisotopic (exact) mass is 303 g/mol. The summed E-state index contributed by atoms with van der Waals surface area (Å²) in [7, 11) is 0. The fourth-order valence-corrected chi connectivity index (χ4v) is 1.92. The van der Waals surface area contributed by atoms with E-state index in [1.165, 1.54) is 35.7 Å². The van der Waals surface area contributed by atoms with E-state index in [4.69, 9.17) is 5.11 Å². The second kappa shape index (κ2) is 7.30. The van der Waals surface area contributed by atoms with Crippen molar-refractivity contribution in [2.45, 2.75) is 32.2 Å². The summed E-state index contributed by atoms with van der Waals surface area (Å²) in [4.78, 5) is 31.3. The molecule has 0 radical (unpaired) electrons. The Labute approximate surface area is 127 Å². The molecule has 0 aliphatic heterocycles. The summed E-state index contributed by atoms with van der Waals surface area (Å²) in [5.41, 5.74) is 0.322. The summed E-state index contributed by atoms with van der Waals surface area (Å²) in [5.74, 6) is -1.05. The van der Waals surface area contributed by atoms with Crippen LogP contribution in [-0.4, -0.2) is 42.8 Å². The summed E-state index contributed by atoms with van der Waals surface area (Å²) in [6.45, 7) is 1.97. The highest BCUT2D eigenvalue weighted by Gasteiger charge is 2.20. The predicted molar refractivity (Wildman–Crippen MR) is 77.6 cm³/mol. The van der Waals surface area contributed by atoms with Gasteiger partial charge in [-0.3, -0.25) is 4.79 Å². The number of carbonyl (C=O) groups excluding carboxylic acids is 1. The third-order valence-corrected chi connectivity index (χ3v) is 3.11. The predicted octanol–water partition coefficient (Wildman–Crippen LogP) is 1.04. The van der Waals surface area contributed by atoms with Gasteiger partial charge >= 0.3 is 5.97 Å². The minimum absolute atomic E-state index is 0.322. The minimum Gasteiger partial charge on any atom is -0.480 e. The van der Waals surface area contributed by atoms with Crippen molar-refractivity contribution in [2.75, 3.05) is 0 Å². The molecule has 0 fully saturated rings. The first kappa shape index (κ1) is 15.6. The lowest BCUT2D eigenvalue weighted by atomic mass is 10.1. The Hall–Kier alpha value is -2.77. The molecule has 2 rings (SSSR count). The molecule has 0 aliphatic carbocycles. The van der Waals surface area contributed by atoms with Crippen molar-refractivity contribution in [1.29, 1.82) is 0 Å². The van der Waals surface area contributed by atoms with Crippen molar-refractivity contribution in [3.05, 3.63) is 36.5 Å². The lowest BCUT2D eigenvalue weighted by Crippen LogP contribution is -2.40. The van der Waals surface area contributed by atoms with Crippen LogP contribution in [0, 0.1) is 0 Å². The topological polar surface area (TPSA) is 110 Å². The fourth-order valence-electron chi connectivity index (χ4n) is 1.92. The van der Waals surface area contributed by atoms with E-state index in [1.54, 1.807) is 0 Å². The summed E-state index contributed by atoms with van der Waals surface area (Å²) in [5, 5.41) is 15.6. The van der Waals surface area contributed by atoms with Crippen LogP contribution in [0.25, 0.3) is 5.82 Å². The van der Waals surface area contributed by atoms with Crippen molar-refractivity contribution in [3.8, 4) is 5.82 Å². The molecule has 0 aromatic carbocycles. The number of unbranched alkanes of at least 4 members (excludes halogenated alkanes) is 1. The van der Waals surface area contributed by atoms with Crippen molar-refractivity contribution < 1.29 is 14.7 Å². The number of carboxylic acids is 1. The van der Waals surface area contributed by atoms with Gasteiger partial charge in [0.25, 0.3) is 5.91 Å². The Morgan fingerprint density at radius 1 is 1.45 bits per heavy atom. The van der Waals surface area contributed by atoms with Crippen LogP contribution >= 0.6 is 0 Å². The molecule has 0 aliphatic rings. The SMILES string of the molecule is CCCCC(NC(=O)c1ccnc(-n2cncn2)c1)C(=O)O. The molecule has 0 saturated carbocycles. The van der Waals surface area contributed by atoms with E-state index in [2.05, 4.69) is 20.4 Å². The second-order valence-electron chi connectivity index (χ2n) is 4.75. The molecule has 0 saturated heterocycles. The van der Waals surface area contributed by atoms with Crippen LogP contribution in [0.3, 0.4) is 0 Å². The van der Waals surface area contributed by atoms with Crippen molar-refractivity contribution in [3.63, 3.8) is 0 Å². The van der Waals surface area contributed by atoms with Crippen molar-refractivity contribution >= 4 is 11.9 Å². The van der Waals surface area contributed by atoms with Crippen molar-refractivity contribution in [1.82, 2.24) is 25.1 Å².